The molecule has 0 aromatic carbocycles. The van der Waals surface area contributed by atoms with Gasteiger partial charge in [-0.15, -0.1) is 0 Å². The third-order valence-corrected chi connectivity index (χ3v) is 2.03. The van der Waals surface area contributed by atoms with Crippen molar-refractivity contribution in [3.8, 4) is 0 Å². The van der Waals surface area contributed by atoms with Crippen LogP contribution in [0, 0.1) is 12.8 Å². The summed E-state index contributed by atoms with van der Waals surface area (Å²) in [5.41, 5.74) is 9.03. The van der Waals surface area contributed by atoms with Crippen LogP contribution in [0.2, 0.25) is 0 Å². The molecule has 0 amide bonds. The molecule has 13 heavy (non-hydrogen) atoms. The maximum atomic E-state index is 5.63. The maximum absolute atomic E-state index is 5.63. The van der Waals surface area contributed by atoms with Crippen LogP contribution in [0.15, 0.2) is 12.1 Å². The molecule has 0 atom stereocenters. The highest BCUT2D eigenvalue weighted by Gasteiger charge is 2.04. The van der Waals surface area contributed by atoms with Crippen molar-refractivity contribution in [3.63, 3.8) is 0 Å². The Bertz CT molecular complexity index is 279. The lowest BCUT2D eigenvalue weighted by atomic mass is 10.0. The average molecular weight is 178 g/mol. The summed E-state index contributed by atoms with van der Waals surface area (Å²) in [6.07, 6.45) is 1.07. The van der Waals surface area contributed by atoms with Gasteiger partial charge in [-0.25, -0.2) is 0 Å². The lowest BCUT2D eigenvalue weighted by Gasteiger charge is -2.09. The zero-order chi connectivity index (χ0) is 9.84. The first-order chi connectivity index (χ1) is 6.13. The Balaban J connectivity index is 2.92. The number of aromatic nitrogens is 1. The third-order valence-electron chi connectivity index (χ3n) is 2.03. The van der Waals surface area contributed by atoms with Crippen molar-refractivity contribution in [1.82, 2.24) is 4.98 Å². The van der Waals surface area contributed by atoms with E-state index in [0.717, 1.165) is 17.8 Å². The van der Waals surface area contributed by atoms with E-state index in [9.17, 15) is 0 Å². The summed E-state index contributed by atoms with van der Waals surface area (Å²) in [4.78, 5) is 4.42. The number of aryl methyl sites for hydroxylation is 1. The summed E-state index contributed by atoms with van der Waals surface area (Å²) in [5.74, 6) is 0.662. The fraction of sp³-hybridized carbons (Fsp3) is 0.545. The third kappa shape index (κ3) is 2.81. The van der Waals surface area contributed by atoms with Crippen molar-refractivity contribution >= 4 is 0 Å². The smallest absolute Gasteiger partial charge is 0.0574 e. The van der Waals surface area contributed by atoms with Gasteiger partial charge < -0.3 is 5.73 Å². The molecule has 0 fully saturated rings. The number of rotatable bonds is 3. The maximum Gasteiger partial charge on any atom is 0.0574 e. The van der Waals surface area contributed by atoms with Gasteiger partial charge in [0.1, 0.15) is 0 Å². The van der Waals surface area contributed by atoms with Crippen LogP contribution in [0.1, 0.15) is 30.8 Å². The minimum absolute atomic E-state index is 0.545. The molecule has 1 aromatic heterocycles. The van der Waals surface area contributed by atoms with E-state index in [1.165, 1.54) is 5.56 Å². The second kappa shape index (κ2) is 4.38. The van der Waals surface area contributed by atoms with Crippen LogP contribution in [-0.4, -0.2) is 4.98 Å². The van der Waals surface area contributed by atoms with E-state index in [2.05, 4.69) is 31.0 Å². The molecule has 0 bridgehead atoms. The number of hydrogen-bond donors (Lipinski definition) is 1. The molecule has 0 unspecified atom stereocenters. The Morgan fingerprint density at radius 3 is 2.62 bits per heavy atom. The molecule has 0 aliphatic heterocycles. The molecule has 72 valence electrons. The predicted octanol–water partition coefficient (Wildman–Crippen LogP) is 2.05. The summed E-state index contributed by atoms with van der Waals surface area (Å²) >= 11 is 0. The molecule has 1 rings (SSSR count). The summed E-state index contributed by atoms with van der Waals surface area (Å²) in [6, 6.07) is 4.20. The van der Waals surface area contributed by atoms with Crippen LogP contribution in [-0.2, 0) is 13.0 Å². The summed E-state index contributed by atoms with van der Waals surface area (Å²) < 4.78 is 0. The standard InChI is InChI=1S/C11H18N2/c1-8(2)6-10-5-4-9(3)13-11(10)7-12/h4-5,8H,6-7,12H2,1-3H3. The Morgan fingerprint density at radius 2 is 2.08 bits per heavy atom. The van der Waals surface area contributed by atoms with E-state index in [4.69, 9.17) is 5.73 Å². The van der Waals surface area contributed by atoms with Gasteiger partial charge in [0.15, 0.2) is 0 Å². The number of nitrogens with two attached hydrogens (primary N) is 1. The molecule has 0 spiro atoms. The molecule has 0 aliphatic rings. The minimum atomic E-state index is 0.545. The molecule has 2 N–H and O–H groups in total. The van der Waals surface area contributed by atoms with E-state index < -0.39 is 0 Å². The Morgan fingerprint density at radius 1 is 1.38 bits per heavy atom. The Labute approximate surface area is 80.2 Å². The molecular formula is C11H18N2. The van der Waals surface area contributed by atoms with Gasteiger partial charge in [0, 0.05) is 12.2 Å². The van der Waals surface area contributed by atoms with Gasteiger partial charge in [-0.2, -0.15) is 0 Å². The van der Waals surface area contributed by atoms with Gasteiger partial charge in [0.2, 0.25) is 0 Å². The number of hydrogen-bond acceptors (Lipinski definition) is 2. The molecule has 1 aromatic rings. The molecule has 1 heterocycles. The topological polar surface area (TPSA) is 38.9 Å². The van der Waals surface area contributed by atoms with Crippen molar-refractivity contribution in [3.05, 3.63) is 29.1 Å². The average Bonchev–Trinajstić information content (AvgIpc) is 2.07. The van der Waals surface area contributed by atoms with Crippen LogP contribution in [0.25, 0.3) is 0 Å². The molecule has 0 saturated carbocycles. The van der Waals surface area contributed by atoms with Crippen molar-refractivity contribution < 1.29 is 0 Å². The lowest BCUT2D eigenvalue weighted by Crippen LogP contribution is -2.07. The van der Waals surface area contributed by atoms with Crippen LogP contribution >= 0.6 is 0 Å². The highest BCUT2D eigenvalue weighted by molar-refractivity contribution is 5.23. The molecule has 0 radical (unpaired) electrons. The van der Waals surface area contributed by atoms with Crippen molar-refractivity contribution in [2.24, 2.45) is 11.7 Å². The van der Waals surface area contributed by atoms with Crippen molar-refractivity contribution in [1.29, 1.82) is 0 Å². The fourth-order valence-corrected chi connectivity index (χ4v) is 1.44. The quantitative estimate of drug-likeness (QED) is 0.769. The molecule has 0 saturated heterocycles. The van der Waals surface area contributed by atoms with Crippen LogP contribution in [0.3, 0.4) is 0 Å². The zero-order valence-corrected chi connectivity index (χ0v) is 8.67. The molecular weight excluding hydrogens is 160 g/mol. The van der Waals surface area contributed by atoms with E-state index in [-0.39, 0.29) is 0 Å². The first kappa shape index (κ1) is 10.2. The van der Waals surface area contributed by atoms with E-state index >= 15 is 0 Å². The zero-order valence-electron chi connectivity index (χ0n) is 8.67. The van der Waals surface area contributed by atoms with Gasteiger partial charge in [0.05, 0.1) is 5.69 Å². The second-order valence-corrected chi connectivity index (χ2v) is 3.86. The SMILES string of the molecule is Cc1ccc(CC(C)C)c(CN)n1. The monoisotopic (exact) mass is 178 g/mol. The highest BCUT2D eigenvalue weighted by Crippen LogP contribution is 2.12. The van der Waals surface area contributed by atoms with Gasteiger partial charge >= 0.3 is 0 Å². The summed E-state index contributed by atoms with van der Waals surface area (Å²) in [7, 11) is 0. The Hall–Kier alpha value is -0.890. The normalized spacial score (nSPS) is 10.8. The van der Waals surface area contributed by atoms with E-state index in [1.54, 1.807) is 0 Å². The molecule has 0 aliphatic carbocycles. The number of nitrogens with zero attached hydrogens (tertiary/aromatic N) is 1. The first-order valence-electron chi connectivity index (χ1n) is 4.79. The van der Waals surface area contributed by atoms with Crippen molar-refractivity contribution in [2.45, 2.75) is 33.7 Å². The van der Waals surface area contributed by atoms with Gasteiger partial charge in [0.25, 0.3) is 0 Å². The largest absolute Gasteiger partial charge is 0.325 e. The summed E-state index contributed by atoms with van der Waals surface area (Å²) in [6.45, 7) is 6.96. The van der Waals surface area contributed by atoms with Gasteiger partial charge in [-0.05, 0) is 30.9 Å². The van der Waals surface area contributed by atoms with E-state index in [1.807, 2.05) is 6.92 Å². The van der Waals surface area contributed by atoms with Crippen LogP contribution in [0.4, 0.5) is 0 Å². The fourth-order valence-electron chi connectivity index (χ4n) is 1.44. The van der Waals surface area contributed by atoms with Gasteiger partial charge in [-0.3, -0.25) is 4.98 Å². The van der Waals surface area contributed by atoms with Crippen molar-refractivity contribution in [2.75, 3.05) is 0 Å². The first-order valence-corrected chi connectivity index (χ1v) is 4.79. The lowest BCUT2D eigenvalue weighted by molar-refractivity contribution is 0.639. The van der Waals surface area contributed by atoms with E-state index in [0.29, 0.717) is 12.5 Å². The summed E-state index contributed by atoms with van der Waals surface area (Å²) in [5, 5.41) is 0. The molecule has 2 heteroatoms. The number of pyridine rings is 1. The minimum Gasteiger partial charge on any atom is -0.325 e. The van der Waals surface area contributed by atoms with Crippen LogP contribution < -0.4 is 5.73 Å². The van der Waals surface area contributed by atoms with Crippen LogP contribution in [0.5, 0.6) is 0 Å². The molecule has 2 nitrogen and oxygen atoms in total. The highest BCUT2D eigenvalue weighted by atomic mass is 14.7. The Kier molecular flexibility index (Phi) is 3.43. The second-order valence-electron chi connectivity index (χ2n) is 3.86. The predicted molar refractivity (Wildman–Crippen MR) is 55.4 cm³/mol. The van der Waals surface area contributed by atoms with Gasteiger partial charge in [-0.1, -0.05) is 19.9 Å².